The Bertz CT molecular complexity index is 1500. The predicted molar refractivity (Wildman–Crippen MR) is 167 cm³/mol. The number of fused-ring (bicyclic) bond motifs is 8. The van der Waals surface area contributed by atoms with E-state index in [1.165, 1.54) is 61.3 Å². The molecule has 0 fully saturated rings. The molecule has 2 aliphatic heterocycles. The van der Waals surface area contributed by atoms with E-state index in [0.29, 0.717) is 5.92 Å². The number of benzene rings is 3. The van der Waals surface area contributed by atoms with E-state index in [0.717, 1.165) is 12.8 Å². The molecule has 4 atom stereocenters. The first-order chi connectivity index (χ1) is 19.0. The molecular weight excluding hydrogens is 490 g/mol. The largest absolute Gasteiger partial charge is 0.382 e. The van der Waals surface area contributed by atoms with Crippen LogP contribution in [0.15, 0.2) is 54.6 Å². The van der Waals surface area contributed by atoms with Crippen LogP contribution in [0, 0.1) is 19.8 Å². The SMILES string of the molecule is COC(C)CC(C)O[C@@H]1c2c(C)cc(C)cc2C2C=C(CC(C)C)c3cc4c(cc3N21)C(C)(C)c1ccccc1-4. The number of ether oxygens (including phenoxy) is 2. The summed E-state index contributed by atoms with van der Waals surface area (Å²) in [6.07, 6.45) is 4.55. The van der Waals surface area contributed by atoms with Gasteiger partial charge in [-0.2, -0.15) is 0 Å². The molecule has 0 amide bonds. The molecule has 6 rings (SSSR count). The number of rotatable bonds is 7. The van der Waals surface area contributed by atoms with Crippen LogP contribution in [0.3, 0.4) is 0 Å². The Kier molecular flexibility index (Phi) is 6.75. The van der Waals surface area contributed by atoms with Crippen LogP contribution in [0.25, 0.3) is 16.7 Å². The van der Waals surface area contributed by atoms with Crippen LogP contribution in [-0.2, 0) is 14.9 Å². The van der Waals surface area contributed by atoms with Crippen LogP contribution in [0.4, 0.5) is 5.69 Å². The molecule has 3 aliphatic rings. The Hall–Kier alpha value is -2.88. The normalized spacial score (nSPS) is 21.4. The number of allylic oxidation sites excluding steroid dienone is 1. The van der Waals surface area contributed by atoms with Crippen LogP contribution in [-0.4, -0.2) is 19.3 Å². The molecule has 0 spiro atoms. The first-order valence-electron chi connectivity index (χ1n) is 15.1. The van der Waals surface area contributed by atoms with Gasteiger partial charge in [0.05, 0.1) is 18.2 Å². The first kappa shape index (κ1) is 27.3. The van der Waals surface area contributed by atoms with Gasteiger partial charge in [0.15, 0.2) is 6.23 Å². The maximum Gasteiger partial charge on any atom is 0.158 e. The van der Waals surface area contributed by atoms with E-state index in [2.05, 4.69) is 115 Å². The molecule has 40 heavy (non-hydrogen) atoms. The second-order valence-corrected chi connectivity index (χ2v) is 13.4. The van der Waals surface area contributed by atoms with Crippen LogP contribution in [0.2, 0.25) is 0 Å². The number of nitrogens with zero attached hydrogens (tertiary/aromatic N) is 1. The van der Waals surface area contributed by atoms with Crippen molar-refractivity contribution >= 4 is 11.3 Å². The Morgan fingerprint density at radius 1 is 0.875 bits per heavy atom. The smallest absolute Gasteiger partial charge is 0.158 e. The standard InChI is InChI=1S/C37H45NO2/c1-21(2)14-26-18-33-30-16-22(3)15-23(4)35(30)36(40-25(6)17-24(5)39-9)38(33)34-20-32-29(19-28(26)34)27-12-10-11-13-31(27)37(32,7)8/h10-13,15-16,18-21,24-25,33,36H,14,17H2,1-9H3/t24?,25?,33?,36-/m1/s1. The second-order valence-electron chi connectivity index (χ2n) is 13.4. The summed E-state index contributed by atoms with van der Waals surface area (Å²) >= 11 is 0. The van der Waals surface area contributed by atoms with E-state index in [-0.39, 0.29) is 29.9 Å². The fourth-order valence-electron chi connectivity index (χ4n) is 7.55. The van der Waals surface area contributed by atoms with Gasteiger partial charge in [-0.15, -0.1) is 0 Å². The maximum absolute atomic E-state index is 7.02. The minimum atomic E-state index is -0.139. The fourth-order valence-corrected chi connectivity index (χ4v) is 7.55. The predicted octanol–water partition coefficient (Wildman–Crippen LogP) is 9.44. The minimum Gasteiger partial charge on any atom is -0.382 e. The fraction of sp³-hybridized carbons (Fsp3) is 0.459. The Balaban J connectivity index is 1.56. The molecule has 210 valence electrons. The number of anilines is 1. The molecule has 3 unspecified atom stereocenters. The van der Waals surface area contributed by atoms with Gasteiger partial charge in [0.2, 0.25) is 0 Å². The molecule has 1 aliphatic carbocycles. The highest BCUT2D eigenvalue weighted by atomic mass is 16.5. The summed E-state index contributed by atoms with van der Waals surface area (Å²) in [6.45, 7) is 18.2. The van der Waals surface area contributed by atoms with Gasteiger partial charge in [-0.3, -0.25) is 0 Å². The van der Waals surface area contributed by atoms with E-state index in [4.69, 9.17) is 9.47 Å². The third kappa shape index (κ3) is 4.25. The van der Waals surface area contributed by atoms with Crippen molar-refractivity contribution in [1.82, 2.24) is 0 Å². The zero-order chi connectivity index (χ0) is 28.5. The zero-order valence-electron chi connectivity index (χ0n) is 25.8. The molecule has 0 N–H and O–H groups in total. The molecule has 0 radical (unpaired) electrons. The van der Waals surface area contributed by atoms with E-state index in [9.17, 15) is 0 Å². The third-order valence-corrected chi connectivity index (χ3v) is 9.42. The number of aryl methyl sites for hydroxylation is 2. The molecule has 0 bridgehead atoms. The van der Waals surface area contributed by atoms with Crippen molar-refractivity contribution in [3.63, 3.8) is 0 Å². The van der Waals surface area contributed by atoms with E-state index in [1.54, 1.807) is 7.11 Å². The highest BCUT2D eigenvalue weighted by Crippen LogP contribution is 2.58. The van der Waals surface area contributed by atoms with Gasteiger partial charge >= 0.3 is 0 Å². The molecule has 2 heterocycles. The summed E-state index contributed by atoms with van der Waals surface area (Å²) in [5.74, 6) is 0.574. The molecule has 0 saturated heterocycles. The van der Waals surface area contributed by atoms with Gasteiger partial charge < -0.3 is 14.4 Å². The van der Waals surface area contributed by atoms with Crippen molar-refractivity contribution in [2.75, 3.05) is 12.0 Å². The Labute approximate surface area is 241 Å². The van der Waals surface area contributed by atoms with Gasteiger partial charge in [-0.1, -0.05) is 75.7 Å². The minimum absolute atomic E-state index is 0.0492. The zero-order valence-corrected chi connectivity index (χ0v) is 25.8. The maximum atomic E-state index is 7.02. The topological polar surface area (TPSA) is 21.7 Å². The third-order valence-electron chi connectivity index (χ3n) is 9.42. The van der Waals surface area contributed by atoms with Crippen molar-refractivity contribution in [3.05, 3.63) is 93.6 Å². The second kappa shape index (κ2) is 9.89. The molecular formula is C37H45NO2. The van der Waals surface area contributed by atoms with Gasteiger partial charge in [0.1, 0.15) is 0 Å². The van der Waals surface area contributed by atoms with Crippen LogP contribution in [0.5, 0.6) is 0 Å². The first-order valence-corrected chi connectivity index (χ1v) is 15.1. The van der Waals surface area contributed by atoms with Crippen molar-refractivity contribution in [2.24, 2.45) is 5.92 Å². The number of hydrogen-bond donors (Lipinski definition) is 0. The molecule has 0 saturated carbocycles. The van der Waals surface area contributed by atoms with Crippen LogP contribution < -0.4 is 4.90 Å². The highest BCUT2D eigenvalue weighted by Gasteiger charge is 2.45. The lowest BCUT2D eigenvalue weighted by Gasteiger charge is -2.39. The number of methoxy groups -OCH3 is 1. The molecule has 3 aromatic rings. The van der Waals surface area contributed by atoms with Gasteiger partial charge in [-0.25, -0.2) is 0 Å². The molecule has 3 aromatic carbocycles. The van der Waals surface area contributed by atoms with Crippen LogP contribution >= 0.6 is 0 Å². The summed E-state index contributed by atoms with van der Waals surface area (Å²) in [7, 11) is 1.79. The molecule has 0 aromatic heterocycles. The summed E-state index contributed by atoms with van der Waals surface area (Å²) in [5, 5.41) is 0. The van der Waals surface area contributed by atoms with Gasteiger partial charge in [0.25, 0.3) is 0 Å². The summed E-state index contributed by atoms with van der Waals surface area (Å²) < 4.78 is 12.6. The van der Waals surface area contributed by atoms with Crippen molar-refractivity contribution < 1.29 is 9.47 Å². The van der Waals surface area contributed by atoms with Crippen molar-refractivity contribution in [3.8, 4) is 11.1 Å². The lowest BCUT2D eigenvalue weighted by molar-refractivity contribution is -0.0312. The van der Waals surface area contributed by atoms with Crippen molar-refractivity contribution in [1.29, 1.82) is 0 Å². The highest BCUT2D eigenvalue weighted by molar-refractivity contribution is 5.91. The molecule has 3 heteroatoms. The Morgan fingerprint density at radius 2 is 1.62 bits per heavy atom. The van der Waals surface area contributed by atoms with E-state index in [1.807, 2.05) is 0 Å². The van der Waals surface area contributed by atoms with E-state index < -0.39 is 0 Å². The van der Waals surface area contributed by atoms with Crippen LogP contribution in [0.1, 0.15) is 106 Å². The monoisotopic (exact) mass is 535 g/mol. The Morgan fingerprint density at radius 3 is 2.35 bits per heavy atom. The van der Waals surface area contributed by atoms with Gasteiger partial charge in [-0.05, 0) is 97.5 Å². The average Bonchev–Trinajstić information content (AvgIpc) is 3.31. The average molecular weight is 536 g/mol. The summed E-state index contributed by atoms with van der Waals surface area (Å²) in [6, 6.07) is 18.9. The summed E-state index contributed by atoms with van der Waals surface area (Å²) in [5.41, 5.74) is 15.0. The van der Waals surface area contributed by atoms with Gasteiger partial charge in [0, 0.05) is 29.3 Å². The molecule has 3 nitrogen and oxygen atoms in total. The lowest BCUT2D eigenvalue weighted by Crippen LogP contribution is -2.33. The quantitative estimate of drug-likeness (QED) is 0.301. The van der Waals surface area contributed by atoms with Crippen molar-refractivity contribution in [2.45, 2.75) is 98.1 Å². The number of hydrogen-bond acceptors (Lipinski definition) is 3. The van der Waals surface area contributed by atoms with E-state index >= 15 is 0 Å². The summed E-state index contributed by atoms with van der Waals surface area (Å²) in [4.78, 5) is 2.59. The lowest BCUT2D eigenvalue weighted by atomic mass is 9.80.